The van der Waals surface area contributed by atoms with Gasteiger partial charge in [-0.05, 0) is 54.8 Å². The number of anilines is 3. The predicted octanol–water partition coefficient (Wildman–Crippen LogP) is 5.75. The van der Waals surface area contributed by atoms with Crippen molar-refractivity contribution < 1.29 is 22.7 Å². The third kappa shape index (κ3) is 4.10. The van der Waals surface area contributed by atoms with Crippen molar-refractivity contribution in [1.82, 2.24) is 9.97 Å². The number of methoxy groups -OCH3 is 1. The Bertz CT molecular complexity index is 1220. The first-order chi connectivity index (χ1) is 15.7. The number of carbonyl (C=O) groups excluding carboxylic acids is 1. The topological polar surface area (TPSA) is 58.6 Å². The highest BCUT2D eigenvalue weighted by Gasteiger charge is 2.35. The van der Waals surface area contributed by atoms with Crippen molar-refractivity contribution in [1.29, 1.82) is 0 Å². The molecule has 0 fully saturated rings. The molecule has 1 aromatic carbocycles. The van der Waals surface area contributed by atoms with Crippen molar-refractivity contribution in [2.45, 2.75) is 33.1 Å². The van der Waals surface area contributed by atoms with E-state index in [1.807, 2.05) is 13.8 Å². The molecule has 6 nitrogen and oxygen atoms in total. The van der Waals surface area contributed by atoms with Crippen molar-refractivity contribution in [3.8, 4) is 5.88 Å². The molecule has 1 aliphatic heterocycles. The number of ether oxygens (including phenoxy) is 1. The highest BCUT2D eigenvalue weighted by atomic mass is 19.3. The fourth-order valence-electron chi connectivity index (χ4n) is 3.91. The number of alkyl halides is 2. The number of amides is 1. The molecular weight excluding hydrogens is 433 g/mol. The molecule has 1 aliphatic rings. The average Bonchev–Trinajstić information content (AvgIpc) is 2.79. The van der Waals surface area contributed by atoms with Crippen LogP contribution in [0.1, 0.15) is 53.5 Å². The number of aromatic nitrogens is 2. The Morgan fingerprint density at radius 2 is 1.73 bits per heavy atom. The molecule has 0 saturated heterocycles. The SMILES string of the molecule is COc1ccc(N2CN(c3ccc(F)cc3C(C)C)c3nc(C(F)F)ccc3C2=O)c(C)n1. The minimum atomic E-state index is -2.80. The van der Waals surface area contributed by atoms with Gasteiger partial charge in [-0.2, -0.15) is 0 Å². The Labute approximate surface area is 189 Å². The Balaban J connectivity index is 1.91. The van der Waals surface area contributed by atoms with Crippen LogP contribution in [0.4, 0.5) is 30.4 Å². The molecule has 4 rings (SSSR count). The molecule has 0 unspecified atom stereocenters. The van der Waals surface area contributed by atoms with Gasteiger partial charge in [0.25, 0.3) is 12.3 Å². The first kappa shape index (κ1) is 22.6. The molecule has 0 radical (unpaired) electrons. The monoisotopic (exact) mass is 456 g/mol. The molecule has 0 aliphatic carbocycles. The summed E-state index contributed by atoms with van der Waals surface area (Å²) in [7, 11) is 1.50. The maximum atomic E-state index is 14.1. The number of aryl methyl sites for hydroxylation is 1. The third-order valence-corrected chi connectivity index (χ3v) is 5.57. The molecule has 172 valence electrons. The Hall–Kier alpha value is -3.62. The number of halogens is 3. The van der Waals surface area contributed by atoms with Crippen LogP contribution < -0.4 is 14.5 Å². The van der Waals surface area contributed by atoms with E-state index in [9.17, 15) is 18.0 Å². The molecule has 0 bridgehead atoms. The minimum Gasteiger partial charge on any atom is -0.481 e. The normalized spacial score (nSPS) is 13.7. The van der Waals surface area contributed by atoms with Gasteiger partial charge >= 0.3 is 0 Å². The lowest BCUT2D eigenvalue weighted by Gasteiger charge is -2.38. The maximum Gasteiger partial charge on any atom is 0.280 e. The Morgan fingerprint density at radius 3 is 2.36 bits per heavy atom. The Morgan fingerprint density at radius 1 is 1.00 bits per heavy atom. The van der Waals surface area contributed by atoms with Crippen LogP contribution >= 0.6 is 0 Å². The number of hydrogen-bond donors (Lipinski definition) is 0. The quantitative estimate of drug-likeness (QED) is 0.489. The highest BCUT2D eigenvalue weighted by molar-refractivity contribution is 6.12. The van der Waals surface area contributed by atoms with Gasteiger partial charge in [0.15, 0.2) is 0 Å². The molecule has 9 heteroatoms. The minimum absolute atomic E-state index is 0.00821. The first-order valence-corrected chi connectivity index (χ1v) is 10.4. The first-order valence-electron chi connectivity index (χ1n) is 10.4. The second kappa shape index (κ2) is 8.73. The molecule has 1 amide bonds. The second-order valence-electron chi connectivity index (χ2n) is 8.03. The van der Waals surface area contributed by atoms with E-state index < -0.39 is 23.8 Å². The van der Waals surface area contributed by atoms with Crippen LogP contribution in [-0.2, 0) is 0 Å². The zero-order chi connectivity index (χ0) is 23.9. The average molecular weight is 456 g/mol. The zero-order valence-corrected chi connectivity index (χ0v) is 18.6. The fraction of sp³-hybridized carbons (Fsp3) is 0.292. The summed E-state index contributed by atoms with van der Waals surface area (Å²) in [5.74, 6) is -0.341. The van der Waals surface area contributed by atoms with Crippen LogP contribution in [0.5, 0.6) is 5.88 Å². The van der Waals surface area contributed by atoms with Crippen molar-refractivity contribution in [3.63, 3.8) is 0 Å². The van der Waals surface area contributed by atoms with Crippen LogP contribution in [0.2, 0.25) is 0 Å². The standard InChI is InChI=1S/C24H23F3N4O2/c1-13(2)17-11-15(25)5-8-20(17)30-12-31(19-9-10-21(33-4)28-14(19)3)24(32)16-6-7-18(22(26)27)29-23(16)30/h5-11,13,22H,12H2,1-4H3. The van der Waals surface area contributed by atoms with Gasteiger partial charge in [-0.1, -0.05) is 13.8 Å². The summed E-state index contributed by atoms with van der Waals surface area (Å²) in [6.45, 7) is 5.56. The van der Waals surface area contributed by atoms with Gasteiger partial charge in [0.05, 0.1) is 24.1 Å². The van der Waals surface area contributed by atoms with Crippen LogP contribution in [0.3, 0.4) is 0 Å². The van der Waals surface area contributed by atoms with E-state index in [1.165, 1.54) is 30.2 Å². The molecule has 0 spiro atoms. The van der Waals surface area contributed by atoms with Gasteiger partial charge in [-0.15, -0.1) is 0 Å². The lowest BCUT2D eigenvalue weighted by molar-refractivity contribution is 0.0981. The van der Waals surface area contributed by atoms with E-state index in [0.29, 0.717) is 28.5 Å². The van der Waals surface area contributed by atoms with Crippen molar-refractivity contribution in [2.75, 3.05) is 23.6 Å². The van der Waals surface area contributed by atoms with Crippen molar-refractivity contribution in [2.24, 2.45) is 0 Å². The highest BCUT2D eigenvalue weighted by Crippen LogP contribution is 2.39. The number of pyridine rings is 2. The van der Waals surface area contributed by atoms with E-state index >= 15 is 0 Å². The van der Waals surface area contributed by atoms with Crippen LogP contribution in [-0.4, -0.2) is 29.7 Å². The van der Waals surface area contributed by atoms with E-state index in [4.69, 9.17) is 4.74 Å². The summed E-state index contributed by atoms with van der Waals surface area (Å²) in [5, 5.41) is 0. The lowest BCUT2D eigenvalue weighted by atomic mass is 9.99. The predicted molar refractivity (Wildman–Crippen MR) is 119 cm³/mol. The number of carbonyl (C=O) groups is 1. The second-order valence-corrected chi connectivity index (χ2v) is 8.03. The molecule has 33 heavy (non-hydrogen) atoms. The zero-order valence-electron chi connectivity index (χ0n) is 18.6. The molecule has 0 atom stereocenters. The number of fused-ring (bicyclic) bond motifs is 1. The van der Waals surface area contributed by atoms with Gasteiger partial charge in [-0.3, -0.25) is 9.69 Å². The molecule has 3 aromatic rings. The smallest absolute Gasteiger partial charge is 0.280 e. The number of hydrogen-bond acceptors (Lipinski definition) is 5. The van der Waals surface area contributed by atoms with Gasteiger partial charge in [-0.25, -0.2) is 23.1 Å². The van der Waals surface area contributed by atoms with Gasteiger partial charge < -0.3 is 9.64 Å². The van der Waals surface area contributed by atoms with E-state index in [-0.39, 0.29) is 24.0 Å². The van der Waals surface area contributed by atoms with Gasteiger partial charge in [0, 0.05) is 11.8 Å². The van der Waals surface area contributed by atoms with E-state index in [2.05, 4.69) is 9.97 Å². The molecule has 2 aromatic heterocycles. The number of benzene rings is 1. The third-order valence-electron chi connectivity index (χ3n) is 5.57. The summed E-state index contributed by atoms with van der Waals surface area (Å²) in [4.78, 5) is 25.0. The largest absolute Gasteiger partial charge is 0.481 e. The summed E-state index contributed by atoms with van der Waals surface area (Å²) in [5.41, 5.74) is 2.09. The van der Waals surface area contributed by atoms with E-state index in [1.54, 1.807) is 30.0 Å². The summed E-state index contributed by atoms with van der Waals surface area (Å²) in [6, 6.07) is 10.2. The van der Waals surface area contributed by atoms with Crippen LogP contribution in [0.25, 0.3) is 0 Å². The van der Waals surface area contributed by atoms with E-state index in [0.717, 1.165) is 6.07 Å². The Kier molecular flexibility index (Phi) is 5.97. The number of rotatable bonds is 5. The summed E-state index contributed by atoms with van der Waals surface area (Å²) < 4.78 is 46.1. The number of nitrogens with zero attached hydrogens (tertiary/aromatic N) is 4. The lowest BCUT2D eigenvalue weighted by Crippen LogP contribution is -2.46. The van der Waals surface area contributed by atoms with Crippen molar-refractivity contribution >= 4 is 23.1 Å². The van der Waals surface area contributed by atoms with Crippen LogP contribution in [0, 0.1) is 12.7 Å². The van der Waals surface area contributed by atoms with Gasteiger partial charge in [0.1, 0.15) is 24.0 Å². The van der Waals surface area contributed by atoms with Crippen molar-refractivity contribution in [3.05, 3.63) is 70.8 Å². The molecule has 0 N–H and O–H groups in total. The molecule has 3 heterocycles. The summed E-state index contributed by atoms with van der Waals surface area (Å²) >= 11 is 0. The fourth-order valence-corrected chi connectivity index (χ4v) is 3.91. The van der Waals surface area contributed by atoms with Gasteiger partial charge in [0.2, 0.25) is 5.88 Å². The molecular formula is C24H23F3N4O2. The van der Waals surface area contributed by atoms with Crippen LogP contribution in [0.15, 0.2) is 42.5 Å². The maximum absolute atomic E-state index is 14.1. The molecule has 0 saturated carbocycles. The summed E-state index contributed by atoms with van der Waals surface area (Å²) in [6.07, 6.45) is -2.80.